The maximum atomic E-state index is 13.4. The predicted molar refractivity (Wildman–Crippen MR) is 57.6 cm³/mol. The number of hydrogen-bond donors (Lipinski definition) is 1. The molecule has 1 aromatic carbocycles. The summed E-state index contributed by atoms with van der Waals surface area (Å²) in [5.41, 5.74) is 0.647. The van der Waals surface area contributed by atoms with Crippen LogP contribution in [0.25, 0.3) is 0 Å². The maximum Gasteiger partial charge on any atom is 0.228 e. The second kappa shape index (κ2) is 5.07. The summed E-state index contributed by atoms with van der Waals surface area (Å²) in [7, 11) is 0. The number of nitrogens with one attached hydrogen (secondary N) is 1. The number of halogens is 1. The van der Waals surface area contributed by atoms with Crippen molar-refractivity contribution in [2.75, 3.05) is 11.9 Å². The second-order valence-corrected chi connectivity index (χ2v) is 3.32. The van der Waals surface area contributed by atoms with Crippen molar-refractivity contribution in [3.05, 3.63) is 41.8 Å². The standard InChI is InChI=1S/C11H9FN4O/c12-9-5-8(6-13)1-2-10(9)14-4-3-11-15-7-16-17-11/h1-2,5,7,14H,3-4H2. The molecule has 6 heteroatoms. The lowest BCUT2D eigenvalue weighted by Gasteiger charge is -2.05. The van der Waals surface area contributed by atoms with Crippen molar-refractivity contribution in [2.24, 2.45) is 0 Å². The second-order valence-electron chi connectivity index (χ2n) is 3.32. The summed E-state index contributed by atoms with van der Waals surface area (Å²) in [5.74, 6) is 0.0427. The van der Waals surface area contributed by atoms with Gasteiger partial charge in [0.15, 0.2) is 6.33 Å². The van der Waals surface area contributed by atoms with E-state index in [0.29, 0.717) is 30.1 Å². The molecule has 0 radical (unpaired) electrons. The molecule has 0 amide bonds. The van der Waals surface area contributed by atoms with E-state index >= 15 is 0 Å². The first kappa shape index (κ1) is 11.1. The van der Waals surface area contributed by atoms with E-state index in [1.165, 1.54) is 18.5 Å². The minimum absolute atomic E-state index is 0.296. The highest BCUT2D eigenvalue weighted by Gasteiger charge is 2.04. The molecule has 0 saturated heterocycles. The Bertz CT molecular complexity index is 533. The first-order valence-corrected chi connectivity index (χ1v) is 4.98. The Balaban J connectivity index is 1.93. The molecule has 1 heterocycles. The average Bonchev–Trinajstić information content (AvgIpc) is 2.84. The van der Waals surface area contributed by atoms with E-state index in [4.69, 9.17) is 9.78 Å². The van der Waals surface area contributed by atoms with Crippen LogP contribution in [0.15, 0.2) is 29.0 Å². The third-order valence-electron chi connectivity index (χ3n) is 2.16. The SMILES string of the molecule is N#Cc1ccc(NCCc2ncno2)c(F)c1. The number of nitriles is 1. The smallest absolute Gasteiger partial charge is 0.228 e. The number of benzene rings is 1. The quantitative estimate of drug-likeness (QED) is 0.868. The van der Waals surface area contributed by atoms with Gasteiger partial charge in [0.2, 0.25) is 5.89 Å². The Labute approximate surface area is 96.9 Å². The van der Waals surface area contributed by atoms with Crippen molar-refractivity contribution < 1.29 is 8.91 Å². The van der Waals surface area contributed by atoms with Gasteiger partial charge in [-0.25, -0.2) is 4.39 Å². The maximum absolute atomic E-state index is 13.4. The molecule has 0 unspecified atom stereocenters. The van der Waals surface area contributed by atoms with Gasteiger partial charge in [0, 0.05) is 13.0 Å². The van der Waals surface area contributed by atoms with Gasteiger partial charge in [-0.1, -0.05) is 5.16 Å². The van der Waals surface area contributed by atoms with E-state index in [1.807, 2.05) is 6.07 Å². The molecule has 2 aromatic rings. The first-order valence-electron chi connectivity index (χ1n) is 4.98. The van der Waals surface area contributed by atoms with Crippen molar-refractivity contribution in [3.8, 4) is 6.07 Å². The summed E-state index contributed by atoms with van der Waals surface area (Å²) in [5, 5.41) is 14.9. The molecule has 1 N–H and O–H groups in total. The van der Waals surface area contributed by atoms with Crippen LogP contribution >= 0.6 is 0 Å². The van der Waals surface area contributed by atoms with E-state index in [2.05, 4.69) is 15.5 Å². The van der Waals surface area contributed by atoms with Crippen LogP contribution in [0, 0.1) is 17.1 Å². The topological polar surface area (TPSA) is 74.7 Å². The summed E-state index contributed by atoms with van der Waals surface area (Å²) in [6.45, 7) is 0.477. The van der Waals surface area contributed by atoms with Crippen LogP contribution in [0.4, 0.5) is 10.1 Å². The molecule has 2 rings (SSSR count). The Kier molecular flexibility index (Phi) is 3.31. The van der Waals surface area contributed by atoms with Gasteiger partial charge in [0.05, 0.1) is 17.3 Å². The third kappa shape index (κ3) is 2.78. The Morgan fingerprint density at radius 3 is 3.00 bits per heavy atom. The first-order chi connectivity index (χ1) is 8.29. The van der Waals surface area contributed by atoms with Crippen molar-refractivity contribution >= 4 is 5.69 Å². The number of aromatic nitrogens is 2. The van der Waals surface area contributed by atoms with Gasteiger partial charge in [-0.15, -0.1) is 0 Å². The Morgan fingerprint density at radius 2 is 2.35 bits per heavy atom. The minimum atomic E-state index is -0.449. The number of nitrogens with zero attached hydrogens (tertiary/aromatic N) is 3. The van der Waals surface area contributed by atoms with Crippen molar-refractivity contribution in [1.82, 2.24) is 10.1 Å². The molecular formula is C11H9FN4O. The van der Waals surface area contributed by atoms with E-state index in [9.17, 15) is 4.39 Å². The van der Waals surface area contributed by atoms with Crippen LogP contribution in [0.3, 0.4) is 0 Å². The van der Waals surface area contributed by atoms with Crippen molar-refractivity contribution in [1.29, 1.82) is 5.26 Å². The van der Waals surface area contributed by atoms with Gasteiger partial charge in [-0.3, -0.25) is 0 Å². The van der Waals surface area contributed by atoms with E-state index in [0.717, 1.165) is 0 Å². The molecule has 0 saturated carbocycles. The molecule has 0 spiro atoms. The largest absolute Gasteiger partial charge is 0.382 e. The normalized spacial score (nSPS) is 9.88. The number of anilines is 1. The molecule has 1 aromatic heterocycles. The van der Waals surface area contributed by atoms with Crippen LogP contribution in [-0.4, -0.2) is 16.7 Å². The van der Waals surface area contributed by atoms with E-state index in [-0.39, 0.29) is 0 Å². The lowest BCUT2D eigenvalue weighted by Crippen LogP contribution is -2.06. The summed E-state index contributed by atoms with van der Waals surface area (Å²) in [4.78, 5) is 3.84. The fourth-order valence-corrected chi connectivity index (χ4v) is 1.34. The molecule has 0 fully saturated rings. The van der Waals surface area contributed by atoms with Gasteiger partial charge >= 0.3 is 0 Å². The molecule has 5 nitrogen and oxygen atoms in total. The van der Waals surface area contributed by atoms with Crippen molar-refractivity contribution in [2.45, 2.75) is 6.42 Å². The van der Waals surface area contributed by atoms with Crippen LogP contribution in [0.1, 0.15) is 11.5 Å². The van der Waals surface area contributed by atoms with E-state index < -0.39 is 5.82 Å². The van der Waals surface area contributed by atoms with Gasteiger partial charge in [-0.2, -0.15) is 10.2 Å². The van der Waals surface area contributed by atoms with Crippen LogP contribution in [0.5, 0.6) is 0 Å². The lowest BCUT2D eigenvalue weighted by atomic mass is 10.2. The Morgan fingerprint density at radius 1 is 1.47 bits per heavy atom. The van der Waals surface area contributed by atoms with E-state index in [1.54, 1.807) is 6.07 Å². The van der Waals surface area contributed by atoms with Gasteiger partial charge in [-0.05, 0) is 18.2 Å². The highest BCUT2D eigenvalue weighted by molar-refractivity contribution is 5.48. The number of rotatable bonds is 4. The molecule has 0 aliphatic heterocycles. The fraction of sp³-hybridized carbons (Fsp3) is 0.182. The highest BCUT2D eigenvalue weighted by atomic mass is 19.1. The highest BCUT2D eigenvalue weighted by Crippen LogP contribution is 2.15. The predicted octanol–water partition coefficient (Wildman–Crippen LogP) is 1.73. The molecule has 86 valence electrons. The molecule has 0 aliphatic carbocycles. The molecule has 17 heavy (non-hydrogen) atoms. The van der Waals surface area contributed by atoms with Crippen LogP contribution in [-0.2, 0) is 6.42 Å². The summed E-state index contributed by atoms with van der Waals surface area (Å²) >= 11 is 0. The third-order valence-corrected chi connectivity index (χ3v) is 2.16. The zero-order valence-corrected chi connectivity index (χ0v) is 8.85. The zero-order valence-electron chi connectivity index (χ0n) is 8.85. The van der Waals surface area contributed by atoms with Gasteiger partial charge < -0.3 is 9.84 Å². The van der Waals surface area contributed by atoms with Gasteiger partial charge in [0.1, 0.15) is 5.82 Å². The fourth-order valence-electron chi connectivity index (χ4n) is 1.34. The summed E-state index contributed by atoms with van der Waals surface area (Å²) in [6, 6.07) is 6.15. The zero-order chi connectivity index (χ0) is 12.1. The minimum Gasteiger partial charge on any atom is -0.382 e. The molecule has 0 atom stereocenters. The van der Waals surface area contributed by atoms with Crippen molar-refractivity contribution in [3.63, 3.8) is 0 Å². The van der Waals surface area contributed by atoms with Crippen LogP contribution < -0.4 is 5.32 Å². The summed E-state index contributed by atoms with van der Waals surface area (Å²) in [6.07, 6.45) is 1.83. The van der Waals surface area contributed by atoms with Crippen LogP contribution in [0.2, 0.25) is 0 Å². The van der Waals surface area contributed by atoms with Gasteiger partial charge in [0.25, 0.3) is 0 Å². The average molecular weight is 232 g/mol. The lowest BCUT2D eigenvalue weighted by molar-refractivity contribution is 0.379. The monoisotopic (exact) mass is 232 g/mol. The molecular weight excluding hydrogens is 223 g/mol. The Hall–Kier alpha value is -2.42. The summed E-state index contributed by atoms with van der Waals surface area (Å²) < 4.78 is 18.2. The number of hydrogen-bond acceptors (Lipinski definition) is 5. The molecule has 0 bridgehead atoms. The molecule has 0 aliphatic rings.